The highest BCUT2D eigenvalue weighted by Gasteiger charge is 2.33. The molecule has 0 bridgehead atoms. The van der Waals surface area contributed by atoms with Gasteiger partial charge in [0.05, 0.1) is 7.11 Å². The first-order valence-electron chi connectivity index (χ1n) is 11.4. The number of hydrogen-bond acceptors (Lipinski definition) is 5. The van der Waals surface area contributed by atoms with Crippen molar-refractivity contribution in [3.05, 3.63) is 90.3 Å². The third-order valence-electron chi connectivity index (χ3n) is 6.70. The fourth-order valence-electron chi connectivity index (χ4n) is 4.97. The lowest BCUT2D eigenvalue weighted by molar-refractivity contribution is -0.128. The van der Waals surface area contributed by atoms with E-state index in [1.54, 1.807) is 30.5 Å². The van der Waals surface area contributed by atoms with Crippen molar-refractivity contribution < 1.29 is 18.3 Å². The van der Waals surface area contributed by atoms with E-state index in [2.05, 4.69) is 9.97 Å². The van der Waals surface area contributed by atoms with E-state index in [1.807, 2.05) is 42.5 Å². The summed E-state index contributed by atoms with van der Waals surface area (Å²) in [6.45, 7) is 0.728. The summed E-state index contributed by atoms with van der Waals surface area (Å²) in [6, 6.07) is 16.8. The van der Waals surface area contributed by atoms with Crippen LogP contribution in [0, 0.1) is 5.82 Å². The molecule has 35 heavy (non-hydrogen) atoms. The number of nitrogens with zero attached hydrogens (tertiary/aromatic N) is 3. The van der Waals surface area contributed by atoms with Gasteiger partial charge in [-0.15, -0.1) is 0 Å². The van der Waals surface area contributed by atoms with Crippen LogP contribution in [0.3, 0.4) is 0 Å². The Kier molecular flexibility index (Phi) is 5.17. The normalized spacial score (nSPS) is 15.9. The summed E-state index contributed by atoms with van der Waals surface area (Å²) in [5.41, 5.74) is 4.43. The Balaban J connectivity index is 1.30. The first kappa shape index (κ1) is 21.3. The van der Waals surface area contributed by atoms with Crippen LogP contribution in [-0.2, 0) is 11.3 Å². The van der Waals surface area contributed by atoms with Crippen molar-refractivity contribution in [2.75, 3.05) is 13.7 Å². The average Bonchev–Trinajstić information content (AvgIpc) is 3.46. The standard InChI is InChI=1S/C28H22FN3O3/c1-34-25-9-8-21(27-22-4-2-3-5-24(22)35-28(25)27)19-11-26(33)32(15-19)14-18-7-6-17(10-23(18)29)20-12-30-16-31-13-20/h2-10,12-13,16,19H,11,14-15H2,1H3. The van der Waals surface area contributed by atoms with Crippen LogP contribution >= 0.6 is 0 Å². The van der Waals surface area contributed by atoms with Crippen molar-refractivity contribution >= 4 is 27.8 Å². The summed E-state index contributed by atoms with van der Waals surface area (Å²) < 4.78 is 26.6. The number of halogens is 1. The molecule has 0 spiro atoms. The lowest BCUT2D eigenvalue weighted by atomic mass is 9.93. The van der Waals surface area contributed by atoms with Gasteiger partial charge in [0.15, 0.2) is 11.3 Å². The lowest BCUT2D eigenvalue weighted by Gasteiger charge is -2.18. The maximum absolute atomic E-state index is 15.0. The fraction of sp³-hybridized carbons (Fsp3) is 0.179. The number of amides is 1. The first-order valence-corrected chi connectivity index (χ1v) is 11.4. The Morgan fingerprint density at radius 2 is 1.91 bits per heavy atom. The van der Waals surface area contributed by atoms with Crippen LogP contribution in [0.1, 0.15) is 23.5 Å². The molecule has 1 amide bonds. The summed E-state index contributed by atoms with van der Waals surface area (Å²) in [5, 5.41) is 1.97. The zero-order valence-corrected chi connectivity index (χ0v) is 19.1. The molecule has 174 valence electrons. The third-order valence-corrected chi connectivity index (χ3v) is 6.70. The average molecular weight is 468 g/mol. The second-order valence-electron chi connectivity index (χ2n) is 8.77. The molecule has 1 atom stereocenters. The second-order valence-corrected chi connectivity index (χ2v) is 8.77. The minimum absolute atomic E-state index is 0.00621. The minimum Gasteiger partial charge on any atom is -0.493 e. The quantitative estimate of drug-likeness (QED) is 0.331. The molecule has 6 nitrogen and oxygen atoms in total. The van der Waals surface area contributed by atoms with Gasteiger partial charge >= 0.3 is 0 Å². The van der Waals surface area contributed by atoms with Crippen molar-refractivity contribution in [3.63, 3.8) is 0 Å². The molecule has 1 aliphatic rings. The molecule has 7 heteroatoms. The molecule has 0 aliphatic carbocycles. The zero-order chi connectivity index (χ0) is 23.9. The fourth-order valence-corrected chi connectivity index (χ4v) is 4.97. The molecule has 6 rings (SSSR count). The third kappa shape index (κ3) is 3.69. The first-order chi connectivity index (χ1) is 17.1. The highest BCUT2D eigenvalue weighted by Crippen LogP contribution is 2.42. The Hall–Kier alpha value is -4.26. The van der Waals surface area contributed by atoms with Gasteiger partial charge in [-0.25, -0.2) is 14.4 Å². The number of fused-ring (bicyclic) bond motifs is 3. The molecule has 1 aliphatic heterocycles. The lowest BCUT2D eigenvalue weighted by Crippen LogP contribution is -2.25. The van der Waals surface area contributed by atoms with Gasteiger partial charge in [0.1, 0.15) is 17.7 Å². The number of ether oxygens (including phenoxy) is 1. The summed E-state index contributed by atoms with van der Waals surface area (Å²) in [5.74, 6) is 0.287. The Labute approximate surface area is 201 Å². The number of rotatable bonds is 5. The molecule has 3 aromatic carbocycles. The number of aromatic nitrogens is 2. The highest BCUT2D eigenvalue weighted by molar-refractivity contribution is 6.09. The minimum atomic E-state index is -0.352. The monoisotopic (exact) mass is 467 g/mol. The van der Waals surface area contributed by atoms with Gasteiger partial charge in [-0.1, -0.05) is 36.4 Å². The molecule has 1 fully saturated rings. The number of hydrogen-bond donors (Lipinski definition) is 0. The number of carbonyl (C=O) groups excluding carboxylic acids is 1. The van der Waals surface area contributed by atoms with Crippen molar-refractivity contribution in [1.29, 1.82) is 0 Å². The molecule has 0 saturated carbocycles. The number of likely N-dealkylation sites (tertiary alicyclic amines) is 1. The molecule has 1 unspecified atom stereocenters. The van der Waals surface area contributed by atoms with E-state index >= 15 is 0 Å². The van der Waals surface area contributed by atoms with Gasteiger partial charge in [-0.2, -0.15) is 0 Å². The Bertz CT molecular complexity index is 1560. The second kappa shape index (κ2) is 8.51. The number of benzene rings is 3. The molecule has 2 aromatic heterocycles. The number of carbonyl (C=O) groups is 1. The molecular weight excluding hydrogens is 445 g/mol. The van der Waals surface area contributed by atoms with Gasteiger partial charge < -0.3 is 14.1 Å². The summed E-state index contributed by atoms with van der Waals surface area (Å²) in [7, 11) is 1.62. The van der Waals surface area contributed by atoms with Crippen LogP contribution in [0.25, 0.3) is 33.1 Å². The van der Waals surface area contributed by atoms with E-state index in [-0.39, 0.29) is 24.2 Å². The molecule has 5 aromatic rings. The van der Waals surface area contributed by atoms with Crippen LogP contribution in [0.4, 0.5) is 4.39 Å². The number of methoxy groups -OCH3 is 1. The van der Waals surface area contributed by atoms with E-state index < -0.39 is 0 Å². The van der Waals surface area contributed by atoms with E-state index in [0.717, 1.165) is 27.5 Å². The van der Waals surface area contributed by atoms with Crippen LogP contribution in [0.5, 0.6) is 5.75 Å². The Morgan fingerprint density at radius 1 is 1.09 bits per heavy atom. The van der Waals surface area contributed by atoms with Crippen molar-refractivity contribution in [3.8, 4) is 16.9 Å². The van der Waals surface area contributed by atoms with Crippen LogP contribution in [0.15, 0.2) is 77.7 Å². The molecule has 0 radical (unpaired) electrons. The van der Waals surface area contributed by atoms with Gasteiger partial charge in [0, 0.05) is 59.7 Å². The van der Waals surface area contributed by atoms with E-state index in [9.17, 15) is 9.18 Å². The topological polar surface area (TPSA) is 68.5 Å². The van der Waals surface area contributed by atoms with E-state index in [0.29, 0.717) is 35.4 Å². The highest BCUT2D eigenvalue weighted by atomic mass is 19.1. The van der Waals surface area contributed by atoms with Crippen molar-refractivity contribution in [2.45, 2.75) is 18.9 Å². The molecule has 1 saturated heterocycles. The maximum atomic E-state index is 15.0. The molecule has 0 N–H and O–H groups in total. The maximum Gasteiger partial charge on any atom is 0.223 e. The smallest absolute Gasteiger partial charge is 0.223 e. The van der Waals surface area contributed by atoms with Crippen molar-refractivity contribution in [1.82, 2.24) is 14.9 Å². The van der Waals surface area contributed by atoms with Gasteiger partial charge in [-0.3, -0.25) is 4.79 Å². The SMILES string of the molecule is COc1ccc(C2CC(=O)N(Cc3ccc(-c4cncnc4)cc3F)C2)c2c1oc1ccccc12. The van der Waals surface area contributed by atoms with Crippen LogP contribution in [0.2, 0.25) is 0 Å². The predicted molar refractivity (Wildman–Crippen MR) is 130 cm³/mol. The summed E-state index contributed by atoms with van der Waals surface area (Å²) in [4.78, 5) is 22.7. The zero-order valence-electron chi connectivity index (χ0n) is 19.1. The largest absolute Gasteiger partial charge is 0.493 e. The van der Waals surface area contributed by atoms with Gasteiger partial charge in [0.2, 0.25) is 5.91 Å². The van der Waals surface area contributed by atoms with Gasteiger partial charge in [0.25, 0.3) is 0 Å². The van der Waals surface area contributed by atoms with Crippen LogP contribution < -0.4 is 4.74 Å². The van der Waals surface area contributed by atoms with E-state index in [1.165, 1.54) is 12.4 Å². The van der Waals surface area contributed by atoms with Gasteiger partial charge in [-0.05, 0) is 29.3 Å². The molecular formula is C28H22FN3O3. The summed E-state index contributed by atoms with van der Waals surface area (Å²) >= 11 is 0. The number of para-hydroxylation sites is 1. The number of furan rings is 1. The van der Waals surface area contributed by atoms with Crippen LogP contribution in [-0.4, -0.2) is 34.4 Å². The van der Waals surface area contributed by atoms with Crippen molar-refractivity contribution in [2.24, 2.45) is 0 Å². The Morgan fingerprint density at radius 3 is 2.71 bits per heavy atom. The van der Waals surface area contributed by atoms with E-state index in [4.69, 9.17) is 9.15 Å². The predicted octanol–water partition coefficient (Wildman–Crippen LogP) is 5.71. The molecule has 3 heterocycles. The summed E-state index contributed by atoms with van der Waals surface area (Å²) in [6.07, 6.45) is 5.09.